The molecule has 2 fully saturated rings. The average Bonchev–Trinajstić information content (AvgIpc) is 2.71. The highest BCUT2D eigenvalue weighted by molar-refractivity contribution is 8.00. The molecule has 1 aromatic carbocycles. The van der Waals surface area contributed by atoms with Gasteiger partial charge in [-0.3, -0.25) is 4.79 Å². The van der Waals surface area contributed by atoms with Crippen LogP contribution in [0.3, 0.4) is 0 Å². The van der Waals surface area contributed by atoms with Gasteiger partial charge in [0.2, 0.25) is 0 Å². The highest BCUT2D eigenvalue weighted by atomic mass is 32.2. The molecule has 4 heteroatoms. The van der Waals surface area contributed by atoms with E-state index in [2.05, 4.69) is 0 Å². The molecule has 0 N–H and O–H groups in total. The van der Waals surface area contributed by atoms with Crippen molar-refractivity contribution in [3.63, 3.8) is 0 Å². The Morgan fingerprint density at radius 1 is 1.11 bits per heavy atom. The molecule has 2 bridgehead atoms. The molecule has 2 atom stereocenters. The van der Waals surface area contributed by atoms with Gasteiger partial charge in [-0.15, -0.1) is 0 Å². The van der Waals surface area contributed by atoms with E-state index in [-0.39, 0.29) is 11.7 Å². The van der Waals surface area contributed by atoms with Crippen molar-refractivity contribution >= 4 is 17.5 Å². The summed E-state index contributed by atoms with van der Waals surface area (Å²) in [4.78, 5) is 12.3. The molecule has 0 spiro atoms. The number of carbonyl (C=O) groups excluding carboxylic acids is 1. The third kappa shape index (κ3) is 2.18. The molecule has 2 saturated heterocycles. The minimum Gasteiger partial charge on any atom is -0.294 e. The number of fused-ring (bicyclic) bond motifs is 2. The standard InChI is InChI=1S/C14H14F2OS/c15-12-4-1-8(7-13(12)16)14(17)9-5-10-2-3-11(6-9)18-10/h1,4,7,9-11H,2-3,5-6H2. The maximum Gasteiger partial charge on any atom is 0.166 e. The molecular formula is C14H14F2OS. The minimum absolute atomic E-state index is 0.00592. The molecule has 3 rings (SSSR count). The largest absolute Gasteiger partial charge is 0.294 e. The maximum absolute atomic E-state index is 13.1. The zero-order valence-corrected chi connectivity index (χ0v) is 10.7. The molecule has 18 heavy (non-hydrogen) atoms. The molecule has 96 valence electrons. The van der Waals surface area contributed by atoms with Crippen molar-refractivity contribution in [1.82, 2.24) is 0 Å². The van der Waals surface area contributed by atoms with Crippen LogP contribution in [0.4, 0.5) is 8.78 Å². The van der Waals surface area contributed by atoms with Gasteiger partial charge >= 0.3 is 0 Å². The molecule has 1 nitrogen and oxygen atoms in total. The molecule has 0 amide bonds. The number of benzene rings is 1. The zero-order valence-electron chi connectivity index (χ0n) is 9.86. The van der Waals surface area contributed by atoms with Crippen molar-refractivity contribution in [2.45, 2.75) is 36.2 Å². The first-order valence-electron chi connectivity index (χ1n) is 6.28. The van der Waals surface area contributed by atoms with E-state index in [0.29, 0.717) is 16.1 Å². The van der Waals surface area contributed by atoms with Crippen LogP contribution in [0.15, 0.2) is 18.2 Å². The van der Waals surface area contributed by atoms with E-state index in [9.17, 15) is 13.6 Å². The Kier molecular flexibility index (Phi) is 3.14. The van der Waals surface area contributed by atoms with Gasteiger partial charge in [-0.2, -0.15) is 11.8 Å². The van der Waals surface area contributed by atoms with Gasteiger partial charge in [-0.05, 0) is 43.9 Å². The van der Waals surface area contributed by atoms with Crippen LogP contribution in [0, 0.1) is 17.6 Å². The van der Waals surface area contributed by atoms with Crippen LogP contribution in [-0.4, -0.2) is 16.3 Å². The summed E-state index contributed by atoms with van der Waals surface area (Å²) in [6.45, 7) is 0. The van der Waals surface area contributed by atoms with Crippen molar-refractivity contribution < 1.29 is 13.6 Å². The quantitative estimate of drug-likeness (QED) is 0.758. The van der Waals surface area contributed by atoms with Crippen LogP contribution in [-0.2, 0) is 0 Å². The lowest BCUT2D eigenvalue weighted by Gasteiger charge is -2.26. The lowest BCUT2D eigenvalue weighted by molar-refractivity contribution is 0.0906. The van der Waals surface area contributed by atoms with Crippen molar-refractivity contribution in [2.24, 2.45) is 5.92 Å². The topological polar surface area (TPSA) is 17.1 Å². The van der Waals surface area contributed by atoms with Crippen LogP contribution in [0.25, 0.3) is 0 Å². The molecule has 2 aliphatic rings. The van der Waals surface area contributed by atoms with Gasteiger partial charge in [-0.25, -0.2) is 8.78 Å². The average molecular weight is 268 g/mol. The number of hydrogen-bond donors (Lipinski definition) is 0. The Balaban J connectivity index is 1.79. The maximum atomic E-state index is 13.1. The predicted octanol–water partition coefficient (Wildman–Crippen LogP) is 3.82. The second-order valence-electron chi connectivity index (χ2n) is 5.12. The summed E-state index contributed by atoms with van der Waals surface area (Å²) in [6, 6.07) is 3.46. The van der Waals surface area contributed by atoms with Gasteiger partial charge < -0.3 is 0 Å². The fourth-order valence-electron chi connectivity index (χ4n) is 2.96. The SMILES string of the molecule is O=C(c1ccc(F)c(F)c1)C1CC2CCC(C1)S2. The lowest BCUT2D eigenvalue weighted by atomic mass is 9.90. The molecular weight excluding hydrogens is 254 g/mol. The molecule has 0 aromatic heterocycles. The smallest absolute Gasteiger partial charge is 0.166 e. The molecule has 2 unspecified atom stereocenters. The van der Waals surface area contributed by atoms with E-state index < -0.39 is 11.6 Å². The van der Waals surface area contributed by atoms with Gasteiger partial charge in [0.15, 0.2) is 17.4 Å². The van der Waals surface area contributed by atoms with Gasteiger partial charge in [0.25, 0.3) is 0 Å². The van der Waals surface area contributed by atoms with E-state index in [1.165, 1.54) is 18.9 Å². The monoisotopic (exact) mass is 268 g/mol. The van der Waals surface area contributed by atoms with Crippen LogP contribution < -0.4 is 0 Å². The first-order valence-corrected chi connectivity index (χ1v) is 7.22. The van der Waals surface area contributed by atoms with E-state index in [4.69, 9.17) is 0 Å². The highest BCUT2D eigenvalue weighted by Gasteiger charge is 2.37. The number of hydrogen-bond acceptors (Lipinski definition) is 2. The first-order chi connectivity index (χ1) is 8.63. The summed E-state index contributed by atoms with van der Waals surface area (Å²) in [5, 5.41) is 1.17. The Labute approximate surface area is 109 Å². The second kappa shape index (κ2) is 4.65. The van der Waals surface area contributed by atoms with E-state index in [0.717, 1.165) is 25.0 Å². The summed E-state index contributed by atoms with van der Waals surface area (Å²) in [6.07, 6.45) is 4.16. The number of carbonyl (C=O) groups is 1. The fraction of sp³-hybridized carbons (Fsp3) is 0.500. The third-order valence-corrected chi connectivity index (χ3v) is 5.49. The van der Waals surface area contributed by atoms with E-state index >= 15 is 0 Å². The highest BCUT2D eigenvalue weighted by Crippen LogP contribution is 2.46. The van der Waals surface area contributed by atoms with Crippen molar-refractivity contribution in [3.8, 4) is 0 Å². The third-order valence-electron chi connectivity index (χ3n) is 3.87. The second-order valence-corrected chi connectivity index (χ2v) is 6.72. The number of rotatable bonds is 2. The molecule has 0 saturated carbocycles. The van der Waals surface area contributed by atoms with Gasteiger partial charge in [-0.1, -0.05) is 0 Å². The van der Waals surface area contributed by atoms with Crippen molar-refractivity contribution in [3.05, 3.63) is 35.4 Å². The molecule has 2 heterocycles. The normalized spacial score (nSPS) is 30.4. The number of Topliss-reactive ketones (excluding diaryl/α,β-unsaturated/α-hetero) is 1. The summed E-state index contributed by atoms with van der Waals surface area (Å²) in [5.41, 5.74) is 0.310. The Hall–Kier alpha value is -0.900. The Morgan fingerprint density at radius 2 is 1.78 bits per heavy atom. The van der Waals surface area contributed by atoms with Crippen LogP contribution in [0.5, 0.6) is 0 Å². The summed E-state index contributed by atoms with van der Waals surface area (Å²) in [5.74, 6) is -1.86. The van der Waals surface area contributed by atoms with Crippen LogP contribution in [0.2, 0.25) is 0 Å². The Morgan fingerprint density at radius 3 is 2.39 bits per heavy atom. The van der Waals surface area contributed by atoms with E-state index in [1.54, 1.807) is 0 Å². The molecule has 0 radical (unpaired) electrons. The van der Waals surface area contributed by atoms with E-state index in [1.807, 2.05) is 11.8 Å². The van der Waals surface area contributed by atoms with Gasteiger partial charge in [0.1, 0.15) is 0 Å². The summed E-state index contributed by atoms with van der Waals surface area (Å²) >= 11 is 1.99. The number of halogens is 2. The van der Waals surface area contributed by atoms with Gasteiger partial charge in [0.05, 0.1) is 0 Å². The van der Waals surface area contributed by atoms with Crippen LogP contribution >= 0.6 is 11.8 Å². The number of ketones is 1. The summed E-state index contributed by atoms with van der Waals surface area (Å²) < 4.78 is 26.0. The molecule has 0 aliphatic carbocycles. The molecule has 1 aromatic rings. The van der Waals surface area contributed by atoms with Crippen molar-refractivity contribution in [2.75, 3.05) is 0 Å². The first kappa shape index (κ1) is 12.2. The fourth-order valence-corrected chi connectivity index (χ4v) is 4.73. The molecule has 2 aliphatic heterocycles. The van der Waals surface area contributed by atoms with Gasteiger partial charge in [0, 0.05) is 22.0 Å². The van der Waals surface area contributed by atoms with Crippen molar-refractivity contribution in [1.29, 1.82) is 0 Å². The van der Waals surface area contributed by atoms with Crippen LogP contribution in [0.1, 0.15) is 36.0 Å². The zero-order chi connectivity index (χ0) is 12.7. The predicted molar refractivity (Wildman–Crippen MR) is 67.8 cm³/mol. The Bertz CT molecular complexity index is 477. The lowest BCUT2D eigenvalue weighted by Crippen LogP contribution is -2.24. The minimum atomic E-state index is -0.936. The summed E-state index contributed by atoms with van der Waals surface area (Å²) in [7, 11) is 0. The number of thioether (sulfide) groups is 1.